The minimum Gasteiger partial charge on any atom is -0.325 e. The van der Waals surface area contributed by atoms with Crippen LogP contribution < -0.4 is 0 Å². The number of nitrogens with zero attached hydrogens (tertiary/aromatic N) is 2. The van der Waals surface area contributed by atoms with Crippen LogP contribution in [0.1, 0.15) is 39.5 Å². The molecule has 0 atom stereocenters. The summed E-state index contributed by atoms with van der Waals surface area (Å²) in [5.41, 5.74) is 0. The van der Waals surface area contributed by atoms with Crippen LogP contribution in [0.5, 0.6) is 0 Å². The molecule has 1 aliphatic carbocycles. The highest BCUT2D eigenvalue weighted by molar-refractivity contribution is 5.80. The van der Waals surface area contributed by atoms with Crippen molar-refractivity contribution in [2.75, 3.05) is 20.1 Å². The molecule has 0 aromatic rings. The summed E-state index contributed by atoms with van der Waals surface area (Å²) < 4.78 is 0. The molecule has 4 heteroatoms. The molecule has 0 aromatic carbocycles. The van der Waals surface area contributed by atoms with Gasteiger partial charge >= 0.3 is 6.03 Å². The van der Waals surface area contributed by atoms with E-state index in [0.29, 0.717) is 18.6 Å². The Balaban J connectivity index is 2.53. The van der Waals surface area contributed by atoms with Crippen LogP contribution in [0.2, 0.25) is 0 Å². The zero-order valence-electron chi connectivity index (χ0n) is 10.5. The molecule has 1 aliphatic rings. The van der Waals surface area contributed by atoms with Crippen LogP contribution in [-0.4, -0.2) is 47.8 Å². The molecule has 0 aliphatic heterocycles. The van der Waals surface area contributed by atoms with Gasteiger partial charge in [0.1, 0.15) is 5.78 Å². The van der Waals surface area contributed by atoms with Gasteiger partial charge in [0.25, 0.3) is 0 Å². The van der Waals surface area contributed by atoms with Gasteiger partial charge in [-0.1, -0.05) is 0 Å². The molecule has 2 amide bonds. The van der Waals surface area contributed by atoms with Crippen molar-refractivity contribution in [2.24, 2.45) is 0 Å². The van der Waals surface area contributed by atoms with E-state index in [4.69, 9.17) is 0 Å². The fourth-order valence-corrected chi connectivity index (χ4v) is 2.19. The lowest BCUT2D eigenvalue weighted by Gasteiger charge is -2.34. The molecule has 0 spiro atoms. The topological polar surface area (TPSA) is 40.6 Å². The number of hydrogen-bond donors (Lipinski definition) is 0. The Labute approximate surface area is 97.6 Å². The van der Waals surface area contributed by atoms with Gasteiger partial charge in [0.15, 0.2) is 0 Å². The Morgan fingerprint density at radius 3 is 2.19 bits per heavy atom. The number of amides is 2. The van der Waals surface area contributed by atoms with Gasteiger partial charge < -0.3 is 9.80 Å². The number of urea groups is 1. The fraction of sp³-hybridized carbons (Fsp3) is 0.833. The molecule has 1 saturated carbocycles. The Morgan fingerprint density at radius 1 is 1.25 bits per heavy atom. The van der Waals surface area contributed by atoms with Crippen molar-refractivity contribution >= 4 is 11.8 Å². The van der Waals surface area contributed by atoms with Crippen LogP contribution in [0.3, 0.4) is 0 Å². The molecule has 0 unspecified atom stereocenters. The highest BCUT2D eigenvalue weighted by Crippen LogP contribution is 2.20. The molecule has 16 heavy (non-hydrogen) atoms. The Hall–Kier alpha value is -1.06. The van der Waals surface area contributed by atoms with E-state index >= 15 is 0 Å². The minimum absolute atomic E-state index is 0.0874. The van der Waals surface area contributed by atoms with Gasteiger partial charge in [-0.25, -0.2) is 4.79 Å². The Bertz CT molecular complexity index is 252. The molecular formula is C12H22N2O2. The summed E-state index contributed by atoms with van der Waals surface area (Å²) >= 11 is 0. The van der Waals surface area contributed by atoms with Crippen molar-refractivity contribution in [3.8, 4) is 0 Å². The average Bonchev–Trinajstić information content (AvgIpc) is 2.30. The van der Waals surface area contributed by atoms with E-state index in [-0.39, 0.29) is 12.1 Å². The standard InChI is InChI=1S/C12H22N2O2/c1-4-14(5-2)12(16)13(3)10-6-8-11(15)9-7-10/h10H,4-9H2,1-3H3. The van der Waals surface area contributed by atoms with E-state index in [1.807, 2.05) is 25.8 Å². The van der Waals surface area contributed by atoms with Crippen LogP contribution in [0.25, 0.3) is 0 Å². The third-order valence-corrected chi connectivity index (χ3v) is 3.40. The van der Waals surface area contributed by atoms with Crippen molar-refractivity contribution in [3.05, 3.63) is 0 Å². The van der Waals surface area contributed by atoms with Crippen molar-refractivity contribution in [1.29, 1.82) is 0 Å². The van der Waals surface area contributed by atoms with Crippen molar-refractivity contribution < 1.29 is 9.59 Å². The number of carbonyl (C=O) groups excluding carboxylic acids is 2. The second-order valence-electron chi connectivity index (χ2n) is 4.34. The largest absolute Gasteiger partial charge is 0.325 e. The molecule has 4 nitrogen and oxygen atoms in total. The molecule has 0 radical (unpaired) electrons. The molecule has 0 heterocycles. The Morgan fingerprint density at radius 2 is 1.75 bits per heavy atom. The number of Topliss-reactive ketones (excluding diaryl/α,β-unsaturated/α-hetero) is 1. The number of ketones is 1. The summed E-state index contributed by atoms with van der Waals surface area (Å²) in [6, 6.07) is 0.329. The van der Waals surface area contributed by atoms with Crippen molar-refractivity contribution in [3.63, 3.8) is 0 Å². The summed E-state index contributed by atoms with van der Waals surface area (Å²) in [5.74, 6) is 0.333. The predicted octanol–water partition coefficient (Wildman–Crippen LogP) is 1.89. The van der Waals surface area contributed by atoms with Crippen LogP contribution in [0.15, 0.2) is 0 Å². The summed E-state index contributed by atoms with van der Waals surface area (Å²) in [6.07, 6.45) is 2.89. The van der Waals surface area contributed by atoms with Gasteiger partial charge in [-0.05, 0) is 26.7 Å². The molecule has 92 valence electrons. The Kier molecular flexibility index (Phi) is 4.77. The van der Waals surface area contributed by atoms with Gasteiger partial charge in [0.05, 0.1) is 0 Å². The second kappa shape index (κ2) is 5.87. The lowest BCUT2D eigenvalue weighted by Crippen LogP contribution is -2.47. The summed E-state index contributed by atoms with van der Waals surface area (Å²) in [5, 5.41) is 0. The van der Waals surface area contributed by atoms with Crippen LogP contribution in [0, 0.1) is 0 Å². The van der Waals surface area contributed by atoms with Gasteiger partial charge in [0.2, 0.25) is 0 Å². The molecule has 0 N–H and O–H groups in total. The summed E-state index contributed by atoms with van der Waals surface area (Å²) in [7, 11) is 1.85. The smallest absolute Gasteiger partial charge is 0.319 e. The maximum absolute atomic E-state index is 12.1. The highest BCUT2D eigenvalue weighted by Gasteiger charge is 2.26. The lowest BCUT2D eigenvalue weighted by atomic mass is 9.93. The first-order valence-corrected chi connectivity index (χ1v) is 6.13. The number of carbonyl (C=O) groups is 2. The summed E-state index contributed by atoms with van der Waals surface area (Å²) in [6.45, 7) is 5.45. The van der Waals surface area contributed by atoms with E-state index in [2.05, 4.69) is 0 Å². The van der Waals surface area contributed by atoms with Crippen LogP contribution >= 0.6 is 0 Å². The number of hydrogen-bond acceptors (Lipinski definition) is 2. The normalized spacial score (nSPS) is 17.3. The maximum atomic E-state index is 12.1. The van der Waals surface area contributed by atoms with Gasteiger partial charge in [-0.2, -0.15) is 0 Å². The lowest BCUT2D eigenvalue weighted by molar-refractivity contribution is -0.121. The third-order valence-electron chi connectivity index (χ3n) is 3.40. The van der Waals surface area contributed by atoms with Gasteiger partial charge in [0, 0.05) is 39.0 Å². The molecule has 0 aromatic heterocycles. The average molecular weight is 226 g/mol. The van der Waals surface area contributed by atoms with Crippen molar-refractivity contribution in [1.82, 2.24) is 9.80 Å². The van der Waals surface area contributed by atoms with E-state index in [1.165, 1.54) is 0 Å². The van der Waals surface area contributed by atoms with E-state index in [0.717, 1.165) is 25.9 Å². The summed E-state index contributed by atoms with van der Waals surface area (Å²) in [4.78, 5) is 26.8. The third kappa shape index (κ3) is 2.97. The fourth-order valence-electron chi connectivity index (χ4n) is 2.19. The SMILES string of the molecule is CCN(CC)C(=O)N(C)C1CCC(=O)CC1. The van der Waals surface area contributed by atoms with E-state index < -0.39 is 0 Å². The van der Waals surface area contributed by atoms with Gasteiger partial charge in [-0.3, -0.25) is 4.79 Å². The highest BCUT2D eigenvalue weighted by atomic mass is 16.2. The van der Waals surface area contributed by atoms with Crippen LogP contribution in [-0.2, 0) is 4.79 Å². The molecule has 0 saturated heterocycles. The molecule has 1 rings (SSSR count). The first kappa shape index (κ1) is 13.0. The van der Waals surface area contributed by atoms with E-state index in [1.54, 1.807) is 4.90 Å². The molecule has 1 fully saturated rings. The predicted molar refractivity (Wildman–Crippen MR) is 63.3 cm³/mol. The van der Waals surface area contributed by atoms with Crippen molar-refractivity contribution in [2.45, 2.75) is 45.6 Å². The molecular weight excluding hydrogens is 204 g/mol. The quantitative estimate of drug-likeness (QED) is 0.737. The second-order valence-corrected chi connectivity index (χ2v) is 4.34. The minimum atomic E-state index is 0.0874. The van der Waals surface area contributed by atoms with Gasteiger partial charge in [-0.15, -0.1) is 0 Å². The molecule has 0 bridgehead atoms. The zero-order valence-corrected chi connectivity index (χ0v) is 10.5. The first-order valence-electron chi connectivity index (χ1n) is 6.13. The van der Waals surface area contributed by atoms with Crippen LogP contribution in [0.4, 0.5) is 4.79 Å². The first-order chi connectivity index (χ1) is 7.60. The maximum Gasteiger partial charge on any atom is 0.319 e. The number of rotatable bonds is 3. The zero-order chi connectivity index (χ0) is 12.1. The van der Waals surface area contributed by atoms with E-state index in [9.17, 15) is 9.59 Å². The monoisotopic (exact) mass is 226 g/mol.